The largest absolute Gasteiger partial charge is 0.369 e. The second kappa shape index (κ2) is 10.1. The second-order valence-electron chi connectivity index (χ2n) is 7.31. The van der Waals surface area contributed by atoms with Crippen molar-refractivity contribution >= 4 is 39.1 Å². The lowest BCUT2D eigenvalue weighted by molar-refractivity contribution is -0.123. The van der Waals surface area contributed by atoms with Crippen molar-refractivity contribution in [2.75, 3.05) is 26.2 Å². The fourth-order valence-corrected chi connectivity index (χ4v) is 4.77. The number of carbonyl (C=O) groups is 1. The molecular formula is C19H23Cl2N5O4S. The molecule has 1 aromatic carbocycles. The number of aromatic nitrogens is 2. The molecule has 1 aliphatic rings. The van der Waals surface area contributed by atoms with Crippen LogP contribution in [0.2, 0.25) is 10.0 Å². The van der Waals surface area contributed by atoms with Crippen molar-refractivity contribution in [2.45, 2.75) is 24.2 Å². The molecule has 9 nitrogen and oxygen atoms in total. The van der Waals surface area contributed by atoms with Gasteiger partial charge >= 0.3 is 0 Å². The highest BCUT2D eigenvalue weighted by molar-refractivity contribution is 7.89. The van der Waals surface area contributed by atoms with E-state index in [0.29, 0.717) is 25.2 Å². The number of primary amides is 1. The van der Waals surface area contributed by atoms with Gasteiger partial charge in [0.15, 0.2) is 0 Å². The van der Waals surface area contributed by atoms with E-state index in [0.717, 1.165) is 24.1 Å². The van der Waals surface area contributed by atoms with Crippen molar-refractivity contribution in [3.8, 4) is 5.69 Å². The first-order chi connectivity index (χ1) is 14.7. The number of rotatable bonds is 8. The first-order valence-corrected chi connectivity index (χ1v) is 12.0. The van der Waals surface area contributed by atoms with Crippen molar-refractivity contribution in [1.82, 2.24) is 19.4 Å². The van der Waals surface area contributed by atoms with Crippen LogP contribution in [-0.2, 0) is 14.8 Å². The van der Waals surface area contributed by atoms with E-state index in [1.165, 1.54) is 30.5 Å². The molecular weight excluding hydrogens is 465 g/mol. The van der Waals surface area contributed by atoms with Gasteiger partial charge in [0.1, 0.15) is 5.02 Å². The van der Waals surface area contributed by atoms with Crippen LogP contribution < -0.4 is 16.0 Å². The monoisotopic (exact) mass is 487 g/mol. The van der Waals surface area contributed by atoms with Gasteiger partial charge in [0.05, 0.1) is 27.7 Å². The van der Waals surface area contributed by atoms with E-state index in [9.17, 15) is 18.0 Å². The lowest BCUT2D eigenvalue weighted by Gasteiger charge is -2.31. The van der Waals surface area contributed by atoms with Crippen LogP contribution >= 0.6 is 23.2 Å². The number of nitrogens with two attached hydrogens (primary N) is 1. The Bertz CT molecular complexity index is 1110. The summed E-state index contributed by atoms with van der Waals surface area (Å²) in [7, 11) is -3.71. The number of sulfonamides is 1. The van der Waals surface area contributed by atoms with E-state index in [4.69, 9.17) is 28.9 Å². The number of nitrogens with zero attached hydrogens (tertiary/aromatic N) is 3. The quantitative estimate of drug-likeness (QED) is 0.541. The van der Waals surface area contributed by atoms with E-state index < -0.39 is 15.6 Å². The standard InChI is InChI=1S/C19H23Cl2N5O4S/c20-16-11-23-26(19(28)17(16)21)14-4-6-15(7-5-14)31(29,30)24-8-2-10-25-9-1-3-13(12-25)18(22)27/h4-7,11,13,24H,1-3,8-10,12H2,(H2,22,27). The molecule has 3 rings (SSSR count). The van der Waals surface area contributed by atoms with Gasteiger partial charge in [-0.1, -0.05) is 23.2 Å². The minimum Gasteiger partial charge on any atom is -0.369 e. The van der Waals surface area contributed by atoms with Crippen molar-refractivity contribution < 1.29 is 13.2 Å². The molecule has 0 bridgehead atoms. The zero-order valence-corrected chi connectivity index (χ0v) is 19.0. The zero-order valence-electron chi connectivity index (χ0n) is 16.6. The number of piperidine rings is 1. The molecule has 12 heteroatoms. The van der Waals surface area contributed by atoms with Gasteiger partial charge in [-0.25, -0.2) is 13.1 Å². The Labute approximate surface area is 190 Å². The van der Waals surface area contributed by atoms with Gasteiger partial charge in [-0.3, -0.25) is 9.59 Å². The number of hydrogen-bond donors (Lipinski definition) is 2. The molecule has 2 heterocycles. The Hall–Kier alpha value is -1.98. The minimum atomic E-state index is -3.71. The van der Waals surface area contributed by atoms with Crippen LogP contribution in [0.3, 0.4) is 0 Å². The van der Waals surface area contributed by atoms with Crippen molar-refractivity contribution in [3.63, 3.8) is 0 Å². The number of amides is 1. The van der Waals surface area contributed by atoms with Gasteiger partial charge < -0.3 is 10.6 Å². The predicted octanol–water partition coefficient (Wildman–Crippen LogP) is 1.41. The van der Waals surface area contributed by atoms with Crippen LogP contribution in [0, 0.1) is 5.92 Å². The van der Waals surface area contributed by atoms with E-state index in [1.807, 2.05) is 0 Å². The Morgan fingerprint density at radius 2 is 1.97 bits per heavy atom. The molecule has 1 atom stereocenters. The van der Waals surface area contributed by atoms with Gasteiger partial charge in [0.2, 0.25) is 15.9 Å². The van der Waals surface area contributed by atoms with Crippen LogP contribution in [0.1, 0.15) is 19.3 Å². The summed E-state index contributed by atoms with van der Waals surface area (Å²) < 4.78 is 28.7. The molecule has 1 aromatic heterocycles. The van der Waals surface area contributed by atoms with Crippen LogP contribution in [0.15, 0.2) is 40.2 Å². The van der Waals surface area contributed by atoms with Crippen LogP contribution in [0.4, 0.5) is 0 Å². The van der Waals surface area contributed by atoms with Gasteiger partial charge in [-0.2, -0.15) is 9.78 Å². The summed E-state index contributed by atoms with van der Waals surface area (Å²) in [4.78, 5) is 25.7. The van der Waals surface area contributed by atoms with Crippen LogP contribution in [-0.4, -0.2) is 55.2 Å². The summed E-state index contributed by atoms with van der Waals surface area (Å²) in [6, 6.07) is 5.70. The number of halogens is 2. The molecule has 0 radical (unpaired) electrons. The molecule has 0 saturated carbocycles. The van der Waals surface area contributed by atoms with Gasteiger partial charge in [-0.05, 0) is 56.6 Å². The highest BCUT2D eigenvalue weighted by Crippen LogP contribution is 2.18. The fourth-order valence-electron chi connectivity index (χ4n) is 3.45. The molecule has 0 spiro atoms. The first-order valence-electron chi connectivity index (χ1n) is 9.74. The van der Waals surface area contributed by atoms with Gasteiger partial charge in [-0.15, -0.1) is 0 Å². The number of benzene rings is 1. The average molecular weight is 488 g/mol. The lowest BCUT2D eigenvalue weighted by Crippen LogP contribution is -2.42. The summed E-state index contributed by atoms with van der Waals surface area (Å²) >= 11 is 11.6. The summed E-state index contributed by atoms with van der Waals surface area (Å²) in [5, 5.41) is 3.79. The number of carbonyl (C=O) groups excluding carboxylic acids is 1. The Kier molecular flexibility index (Phi) is 7.71. The molecule has 0 aliphatic carbocycles. The van der Waals surface area contributed by atoms with Crippen LogP contribution in [0.5, 0.6) is 0 Å². The topological polar surface area (TPSA) is 127 Å². The lowest BCUT2D eigenvalue weighted by atomic mass is 9.97. The van der Waals surface area contributed by atoms with Crippen LogP contribution in [0.25, 0.3) is 5.69 Å². The number of nitrogens with one attached hydrogen (secondary N) is 1. The van der Waals surface area contributed by atoms with Gasteiger partial charge in [0.25, 0.3) is 5.56 Å². The molecule has 168 valence electrons. The number of hydrogen-bond acceptors (Lipinski definition) is 6. The van der Waals surface area contributed by atoms with E-state index in [-0.39, 0.29) is 33.3 Å². The summed E-state index contributed by atoms with van der Waals surface area (Å²) in [5.74, 6) is -0.423. The minimum absolute atomic E-state index is 0.0426. The Morgan fingerprint density at radius 1 is 1.26 bits per heavy atom. The van der Waals surface area contributed by atoms with E-state index in [2.05, 4.69) is 14.7 Å². The normalized spacial score (nSPS) is 17.5. The number of likely N-dealkylation sites (tertiary alicyclic amines) is 1. The molecule has 1 aliphatic heterocycles. The molecule has 3 N–H and O–H groups in total. The fraction of sp³-hybridized carbons (Fsp3) is 0.421. The third-order valence-corrected chi connectivity index (χ3v) is 7.34. The Balaban J connectivity index is 1.57. The SMILES string of the molecule is NC(=O)C1CCCN(CCCNS(=O)(=O)c2ccc(-n3ncc(Cl)c(Cl)c3=O)cc2)C1. The second-order valence-corrected chi connectivity index (χ2v) is 9.86. The summed E-state index contributed by atoms with van der Waals surface area (Å²) in [6.45, 7) is 2.43. The first kappa shape index (κ1) is 23.7. The van der Waals surface area contributed by atoms with Gasteiger partial charge in [0, 0.05) is 13.1 Å². The maximum atomic E-state index is 12.5. The molecule has 2 aromatic rings. The third-order valence-electron chi connectivity index (χ3n) is 5.12. The third kappa shape index (κ3) is 5.83. The molecule has 1 fully saturated rings. The maximum absolute atomic E-state index is 12.5. The summed E-state index contributed by atoms with van der Waals surface area (Å²) in [6.07, 6.45) is 3.55. The van der Waals surface area contributed by atoms with E-state index in [1.54, 1.807) is 0 Å². The highest BCUT2D eigenvalue weighted by atomic mass is 35.5. The van der Waals surface area contributed by atoms with Crippen molar-refractivity contribution in [3.05, 3.63) is 50.9 Å². The molecule has 31 heavy (non-hydrogen) atoms. The van der Waals surface area contributed by atoms with Crippen molar-refractivity contribution in [1.29, 1.82) is 0 Å². The van der Waals surface area contributed by atoms with Crippen molar-refractivity contribution in [2.24, 2.45) is 11.7 Å². The average Bonchev–Trinajstić information content (AvgIpc) is 2.75. The van der Waals surface area contributed by atoms with E-state index >= 15 is 0 Å². The zero-order chi connectivity index (χ0) is 22.6. The maximum Gasteiger partial charge on any atom is 0.291 e. The summed E-state index contributed by atoms with van der Waals surface area (Å²) in [5.41, 5.74) is 5.14. The predicted molar refractivity (Wildman–Crippen MR) is 118 cm³/mol. The smallest absolute Gasteiger partial charge is 0.291 e. The molecule has 1 amide bonds. The molecule has 1 saturated heterocycles. The highest BCUT2D eigenvalue weighted by Gasteiger charge is 2.23. The Morgan fingerprint density at radius 3 is 2.65 bits per heavy atom. The molecule has 1 unspecified atom stereocenters.